The molecule has 0 N–H and O–H groups in total. The van der Waals surface area contributed by atoms with Gasteiger partial charge in [0, 0.05) is 0 Å². The Morgan fingerprint density at radius 3 is 1.00 bits per heavy atom. The Labute approximate surface area is 461 Å². The molecule has 0 heterocycles. The van der Waals surface area contributed by atoms with Gasteiger partial charge in [-0.2, -0.15) is 71.8 Å². The molecule has 0 bridgehead atoms. The second-order valence-corrected chi connectivity index (χ2v) is 28.2. The zero-order chi connectivity index (χ0) is 47.5. The Hall–Kier alpha value is -4.50. The first-order valence-electron chi connectivity index (χ1n) is 23.3. The van der Waals surface area contributed by atoms with Crippen molar-refractivity contribution in [1.29, 1.82) is 0 Å². The number of benzene rings is 8. The number of halogens is 2. The van der Waals surface area contributed by atoms with E-state index in [1.54, 1.807) is 46.7 Å². The van der Waals surface area contributed by atoms with Crippen molar-refractivity contribution in [1.82, 2.24) is 0 Å². The van der Waals surface area contributed by atoms with Crippen LogP contribution in [-0.4, -0.2) is 10.9 Å². The second-order valence-electron chi connectivity index (χ2n) is 17.0. The molecule has 8 aromatic rings. The molecule has 70 heavy (non-hydrogen) atoms. The predicted molar refractivity (Wildman–Crippen MR) is 285 cm³/mol. The Bertz CT molecular complexity index is 2710. The van der Waals surface area contributed by atoms with Crippen molar-refractivity contribution < 1.29 is 71.5 Å². The summed E-state index contributed by atoms with van der Waals surface area (Å²) < 4.78 is 0. The fourth-order valence-electron chi connectivity index (χ4n) is 8.21. The van der Waals surface area contributed by atoms with Crippen molar-refractivity contribution in [3.8, 4) is 22.3 Å². The van der Waals surface area contributed by atoms with Gasteiger partial charge in [0.05, 0.1) is 0 Å². The summed E-state index contributed by atoms with van der Waals surface area (Å²) in [7, 11) is 0. The average Bonchev–Trinajstić information content (AvgIpc) is 4.24. The Morgan fingerprint density at radius 1 is 0.386 bits per heavy atom. The molecule has 12 rings (SSSR count). The zero-order valence-electron chi connectivity index (χ0n) is 40.4. The minimum absolute atomic E-state index is 0. The predicted octanol–water partition coefficient (Wildman–Crippen LogP) is 6.65. The Kier molecular flexibility index (Phi) is 24.0. The van der Waals surface area contributed by atoms with Crippen molar-refractivity contribution in [3.05, 3.63) is 287 Å². The van der Waals surface area contributed by atoms with Crippen LogP contribution in [0, 0.1) is 52.0 Å². The topological polar surface area (TPSA) is 0 Å². The molecule has 8 aromatic carbocycles. The van der Waals surface area contributed by atoms with E-state index < -0.39 is 10.9 Å². The fourth-order valence-corrected chi connectivity index (χ4v) is 16.0. The van der Waals surface area contributed by atoms with Crippen LogP contribution in [0.4, 0.5) is 0 Å². The molecule has 0 amide bonds. The van der Waals surface area contributed by atoms with Crippen molar-refractivity contribution in [2.24, 2.45) is 0 Å². The van der Waals surface area contributed by atoms with Gasteiger partial charge in [0.15, 0.2) is 0 Å². The molecule has 0 unspecified atom stereocenters. The molecule has 0 radical (unpaired) electrons. The monoisotopic (exact) mass is 1130 g/mol. The summed E-state index contributed by atoms with van der Waals surface area (Å²) in [5, 5.41) is 6.14. The van der Waals surface area contributed by atoms with E-state index in [1.807, 2.05) is 36.4 Å². The van der Waals surface area contributed by atoms with E-state index in [0.717, 1.165) is 25.7 Å². The summed E-state index contributed by atoms with van der Waals surface area (Å²) in [5.74, 6) is 0. The first-order chi connectivity index (χ1) is 33.2. The molecule has 4 aliphatic carbocycles. The normalized spacial score (nSPS) is 11.8. The van der Waals surface area contributed by atoms with Crippen molar-refractivity contribution in [3.63, 3.8) is 0 Å². The smallest absolute Gasteiger partial charge is 0.0253 e. The number of hydrogen-bond donors (Lipinski definition) is 0. The van der Waals surface area contributed by atoms with Crippen LogP contribution in [0.2, 0.25) is 0 Å². The Morgan fingerprint density at radius 2 is 0.714 bits per heavy atom. The summed E-state index contributed by atoms with van der Waals surface area (Å²) in [6.45, 7) is 8.69. The molecule has 6 heteroatoms. The van der Waals surface area contributed by atoms with Gasteiger partial charge in [-0.1, -0.05) is 70.8 Å². The van der Waals surface area contributed by atoms with Crippen molar-refractivity contribution in [2.75, 3.05) is 0 Å². The van der Waals surface area contributed by atoms with Crippen molar-refractivity contribution >= 4 is 31.6 Å². The molecule has 4 aliphatic rings. The second kappa shape index (κ2) is 29.7. The summed E-state index contributed by atoms with van der Waals surface area (Å²) in [6.07, 6.45) is 22.1. The Balaban J connectivity index is 0.000000162. The van der Waals surface area contributed by atoms with Crippen LogP contribution in [0.3, 0.4) is 0 Å². The van der Waals surface area contributed by atoms with Gasteiger partial charge in [-0.05, 0) is 12.8 Å². The third-order valence-electron chi connectivity index (χ3n) is 11.6. The molecular weight excluding hydrogens is 1080 g/mol. The quantitative estimate of drug-likeness (QED) is 0.137. The van der Waals surface area contributed by atoms with Gasteiger partial charge in [0.25, 0.3) is 0 Å². The number of rotatable bonds is 4. The number of aryl methyl sites for hydroxylation is 4. The van der Waals surface area contributed by atoms with Crippen LogP contribution in [0.1, 0.15) is 57.3 Å². The van der Waals surface area contributed by atoms with Crippen LogP contribution in [0.5, 0.6) is 0 Å². The van der Waals surface area contributed by atoms with Gasteiger partial charge in [0.1, 0.15) is 0 Å². The molecule has 0 atom stereocenters. The maximum absolute atomic E-state index is 3.30. The molecule has 0 saturated heterocycles. The van der Waals surface area contributed by atoms with Gasteiger partial charge in [0.2, 0.25) is 0 Å². The molecular formula is C64H56Cl2Si2Zr2-2. The minimum Gasteiger partial charge on any atom is -1.00 e. The van der Waals surface area contributed by atoms with Crippen LogP contribution in [0.25, 0.3) is 22.3 Å². The van der Waals surface area contributed by atoms with E-state index >= 15 is 0 Å². The van der Waals surface area contributed by atoms with Crippen LogP contribution < -0.4 is 45.6 Å². The average molecular weight is 1130 g/mol. The standard InChI is InChI=1S/2C14H14Si.2C13H9.2C5H5.2ClH.2Zr/c2*1-11-5-3-7-13(9-11)15-14-8-4-6-12(2)10-14;2*1-3-7-12-10(5-1)9-11-6-2-4-8-13(11)12;2*1-2-4-5-3-1;;;;/h2*3-10H,1-2H3;2*1-5,7-8H,9H2;2*1-3H,4H2;2*1H;;/q;;4*-1;;;2*+2/p-2. The number of hydrogen-bond acceptors (Lipinski definition) is 0. The zero-order valence-corrected chi connectivity index (χ0v) is 48.8. The van der Waals surface area contributed by atoms with Gasteiger partial charge in [-0.25, -0.2) is 24.3 Å². The van der Waals surface area contributed by atoms with E-state index in [0.29, 0.717) is 0 Å². The SMILES string of the molecule is Cc1cccc([Si](=[Zr+2])c2cccc(C)c2)c1.Cc1cccc([Si](=[Zr+2])c2cccc(C)c2)c1.[C-]1=CC=CC1.[C-]1=CC=CC1.[Cl-].[Cl-].[c-]1cccc2c1Cc1ccccc1-2.[c-]1cccc2c1Cc1ccccc1-2. The third kappa shape index (κ3) is 16.8. The maximum Gasteiger partial charge on any atom is -0.0253 e. The molecule has 0 aromatic heterocycles. The van der Waals surface area contributed by atoms with Crippen LogP contribution >= 0.6 is 0 Å². The molecule has 0 spiro atoms. The summed E-state index contributed by atoms with van der Waals surface area (Å²) in [5.41, 5.74) is 15.5. The van der Waals surface area contributed by atoms with E-state index in [-0.39, 0.29) is 24.8 Å². The molecule has 0 saturated carbocycles. The van der Waals surface area contributed by atoms with E-state index in [1.165, 1.54) is 87.5 Å². The van der Waals surface area contributed by atoms with Gasteiger partial charge in [-0.3, -0.25) is 12.2 Å². The first kappa shape index (κ1) is 56.4. The molecule has 0 aliphatic heterocycles. The van der Waals surface area contributed by atoms with E-state index in [2.05, 4.69) is 234 Å². The fraction of sp³-hybridized carbons (Fsp3) is 0.125. The maximum atomic E-state index is 3.30. The van der Waals surface area contributed by atoms with Gasteiger partial charge in [-0.15, -0.1) is 24.0 Å². The summed E-state index contributed by atoms with van der Waals surface area (Å²) in [6, 6.07) is 72.1. The summed E-state index contributed by atoms with van der Waals surface area (Å²) in [4.78, 5) is 0. The van der Waals surface area contributed by atoms with E-state index in [4.69, 9.17) is 0 Å². The van der Waals surface area contributed by atoms with Crippen LogP contribution in [0.15, 0.2) is 218 Å². The number of fused-ring (bicyclic) bond motifs is 6. The molecule has 344 valence electrons. The van der Waals surface area contributed by atoms with Gasteiger partial charge >= 0.3 is 225 Å². The van der Waals surface area contributed by atoms with Gasteiger partial charge < -0.3 is 24.8 Å². The summed E-state index contributed by atoms with van der Waals surface area (Å²) >= 11 is 3.30. The largest absolute Gasteiger partial charge is 1.00 e. The van der Waals surface area contributed by atoms with E-state index in [9.17, 15) is 0 Å². The first-order valence-corrected chi connectivity index (χ1v) is 33.7. The molecule has 0 fully saturated rings. The minimum atomic E-state index is -0.499. The number of allylic oxidation sites excluding steroid dienone is 8. The van der Waals surface area contributed by atoms with Crippen LogP contribution in [-0.2, 0) is 59.5 Å². The molecule has 0 nitrogen and oxygen atoms in total. The third-order valence-corrected chi connectivity index (χ3v) is 23.7. The van der Waals surface area contributed by atoms with Crippen molar-refractivity contribution in [2.45, 2.75) is 53.4 Å².